The van der Waals surface area contributed by atoms with Crippen molar-refractivity contribution < 1.29 is 9.13 Å². The van der Waals surface area contributed by atoms with Gasteiger partial charge in [0.2, 0.25) is 0 Å². The van der Waals surface area contributed by atoms with Gasteiger partial charge in [-0.25, -0.2) is 4.39 Å². The van der Waals surface area contributed by atoms with Gasteiger partial charge in [0.25, 0.3) is 0 Å². The number of hydrogen-bond acceptors (Lipinski definition) is 3. The molecule has 0 saturated heterocycles. The molecule has 2 aromatic rings. The number of aryl methyl sites for hydroxylation is 1. The Kier molecular flexibility index (Phi) is 4.60. The molecule has 0 aliphatic carbocycles. The van der Waals surface area contributed by atoms with Crippen LogP contribution in [0.4, 0.5) is 4.39 Å². The molecule has 0 aliphatic rings. The molecular weight excluding hydrogens is 329 g/mol. The minimum Gasteiger partial charge on any atom is -0.480 e. The number of benzene rings is 1. The van der Waals surface area contributed by atoms with E-state index in [0.717, 1.165) is 14.2 Å². The summed E-state index contributed by atoms with van der Waals surface area (Å²) in [5.74, 6) is -0.126. The van der Waals surface area contributed by atoms with Gasteiger partial charge in [0.05, 0.1) is 3.79 Å². The molecule has 0 amide bonds. The quantitative estimate of drug-likeness (QED) is 0.891. The van der Waals surface area contributed by atoms with Gasteiger partial charge in [0.15, 0.2) is 11.6 Å². The Morgan fingerprint density at radius 3 is 2.63 bits per heavy atom. The minimum absolute atomic E-state index is 0.231. The van der Waals surface area contributed by atoms with Crippen LogP contribution in [0.5, 0.6) is 5.75 Å². The molecule has 1 heterocycles. The van der Waals surface area contributed by atoms with Crippen molar-refractivity contribution in [2.75, 3.05) is 0 Å². The third-order valence-corrected chi connectivity index (χ3v) is 4.38. The summed E-state index contributed by atoms with van der Waals surface area (Å²) in [6.45, 7) is 3.75. The van der Waals surface area contributed by atoms with Gasteiger partial charge in [-0.3, -0.25) is 0 Å². The maximum atomic E-state index is 13.7. The molecule has 1 aromatic carbocycles. The lowest BCUT2D eigenvalue weighted by Gasteiger charge is -2.22. The first-order chi connectivity index (χ1) is 8.97. The van der Waals surface area contributed by atoms with E-state index in [1.165, 1.54) is 6.07 Å². The SMILES string of the molecule is Cc1ccc(F)c(OC(c2ccc(Br)s2)C(C)N)c1. The molecule has 19 heavy (non-hydrogen) atoms. The molecule has 2 N–H and O–H groups in total. The highest BCUT2D eigenvalue weighted by atomic mass is 79.9. The molecule has 0 fully saturated rings. The second kappa shape index (κ2) is 6.03. The average Bonchev–Trinajstić information content (AvgIpc) is 2.76. The molecule has 2 atom stereocenters. The molecule has 0 aliphatic heterocycles. The largest absolute Gasteiger partial charge is 0.480 e. The molecule has 2 rings (SSSR count). The van der Waals surface area contributed by atoms with Gasteiger partial charge < -0.3 is 10.5 Å². The standard InChI is InChI=1S/C14H15BrFNOS/c1-8-3-4-10(16)11(7-8)18-14(9(2)17)12-5-6-13(15)19-12/h3-7,9,14H,17H2,1-2H3. The third kappa shape index (κ3) is 3.55. The minimum atomic E-state index is -0.369. The fraction of sp³-hybridized carbons (Fsp3) is 0.286. The lowest BCUT2D eigenvalue weighted by molar-refractivity contribution is 0.176. The van der Waals surface area contributed by atoms with E-state index >= 15 is 0 Å². The monoisotopic (exact) mass is 343 g/mol. The van der Waals surface area contributed by atoms with Crippen LogP contribution in [-0.4, -0.2) is 6.04 Å². The molecule has 0 saturated carbocycles. The van der Waals surface area contributed by atoms with Crippen molar-refractivity contribution in [3.63, 3.8) is 0 Å². The number of hydrogen-bond donors (Lipinski definition) is 1. The molecule has 2 unspecified atom stereocenters. The predicted molar refractivity (Wildman–Crippen MR) is 80.2 cm³/mol. The smallest absolute Gasteiger partial charge is 0.165 e. The van der Waals surface area contributed by atoms with E-state index in [-0.39, 0.29) is 23.7 Å². The zero-order valence-corrected chi connectivity index (χ0v) is 13.1. The van der Waals surface area contributed by atoms with Gasteiger partial charge >= 0.3 is 0 Å². The average molecular weight is 344 g/mol. The first kappa shape index (κ1) is 14.5. The van der Waals surface area contributed by atoms with Gasteiger partial charge in [-0.2, -0.15) is 0 Å². The van der Waals surface area contributed by atoms with E-state index in [9.17, 15) is 4.39 Å². The van der Waals surface area contributed by atoms with Crippen molar-refractivity contribution >= 4 is 27.3 Å². The van der Waals surface area contributed by atoms with E-state index in [4.69, 9.17) is 10.5 Å². The zero-order chi connectivity index (χ0) is 14.0. The Morgan fingerprint density at radius 1 is 1.32 bits per heavy atom. The van der Waals surface area contributed by atoms with Crippen LogP contribution in [0.2, 0.25) is 0 Å². The van der Waals surface area contributed by atoms with Crippen LogP contribution in [0, 0.1) is 12.7 Å². The van der Waals surface area contributed by atoms with Crippen LogP contribution in [0.15, 0.2) is 34.1 Å². The van der Waals surface area contributed by atoms with Gasteiger partial charge in [0, 0.05) is 10.9 Å². The fourth-order valence-corrected chi connectivity index (χ4v) is 3.31. The van der Waals surface area contributed by atoms with E-state index < -0.39 is 0 Å². The Balaban J connectivity index is 2.29. The summed E-state index contributed by atoms with van der Waals surface area (Å²) in [5.41, 5.74) is 6.91. The Hall–Kier alpha value is -0.910. The van der Waals surface area contributed by atoms with Crippen LogP contribution in [0.25, 0.3) is 0 Å². The van der Waals surface area contributed by atoms with Crippen LogP contribution in [0.1, 0.15) is 23.5 Å². The van der Waals surface area contributed by atoms with E-state index in [1.54, 1.807) is 23.5 Å². The molecule has 2 nitrogen and oxygen atoms in total. The number of halogens is 2. The van der Waals surface area contributed by atoms with Gasteiger partial charge in [-0.05, 0) is 59.6 Å². The van der Waals surface area contributed by atoms with E-state index in [2.05, 4.69) is 15.9 Å². The van der Waals surface area contributed by atoms with Crippen molar-refractivity contribution in [1.82, 2.24) is 0 Å². The third-order valence-electron chi connectivity index (χ3n) is 2.69. The van der Waals surface area contributed by atoms with Crippen LogP contribution in [-0.2, 0) is 0 Å². The van der Waals surface area contributed by atoms with Crippen LogP contribution < -0.4 is 10.5 Å². The first-order valence-corrected chi connectivity index (χ1v) is 7.52. The fourth-order valence-electron chi connectivity index (χ4n) is 1.74. The van der Waals surface area contributed by atoms with Crippen molar-refractivity contribution in [3.8, 4) is 5.75 Å². The molecule has 0 bridgehead atoms. The maximum Gasteiger partial charge on any atom is 0.165 e. The first-order valence-electron chi connectivity index (χ1n) is 5.91. The summed E-state index contributed by atoms with van der Waals surface area (Å²) in [6.07, 6.45) is -0.354. The number of thiophene rings is 1. The maximum absolute atomic E-state index is 13.7. The zero-order valence-electron chi connectivity index (χ0n) is 10.7. The normalized spacial score (nSPS) is 14.2. The number of ether oxygens (including phenoxy) is 1. The predicted octanol–water partition coefficient (Wildman–Crippen LogP) is 4.43. The lowest BCUT2D eigenvalue weighted by atomic mass is 10.1. The molecule has 5 heteroatoms. The molecular formula is C14H15BrFNOS. The van der Waals surface area contributed by atoms with Gasteiger partial charge in [0.1, 0.15) is 6.10 Å². The van der Waals surface area contributed by atoms with Crippen molar-refractivity contribution in [3.05, 3.63) is 50.4 Å². The highest BCUT2D eigenvalue weighted by molar-refractivity contribution is 9.11. The topological polar surface area (TPSA) is 35.2 Å². The van der Waals surface area contributed by atoms with Gasteiger partial charge in [-0.1, -0.05) is 6.07 Å². The van der Waals surface area contributed by atoms with E-state index in [1.807, 2.05) is 26.0 Å². The summed E-state index contributed by atoms with van der Waals surface area (Å²) >= 11 is 4.95. The molecule has 1 aromatic heterocycles. The highest BCUT2D eigenvalue weighted by Crippen LogP contribution is 2.33. The van der Waals surface area contributed by atoms with Crippen molar-refractivity contribution in [2.45, 2.75) is 26.0 Å². The van der Waals surface area contributed by atoms with E-state index in [0.29, 0.717) is 0 Å². The summed E-state index contributed by atoms with van der Waals surface area (Å²) in [6, 6.07) is 8.46. The Bertz CT molecular complexity index is 570. The Labute approximate surface area is 124 Å². The second-order valence-corrected chi connectivity index (χ2v) is 6.97. The van der Waals surface area contributed by atoms with Crippen molar-refractivity contribution in [2.24, 2.45) is 5.73 Å². The lowest BCUT2D eigenvalue weighted by Crippen LogP contribution is -2.28. The summed E-state index contributed by atoms with van der Waals surface area (Å²) in [4.78, 5) is 0.975. The highest BCUT2D eigenvalue weighted by Gasteiger charge is 2.21. The second-order valence-electron chi connectivity index (χ2n) is 4.47. The van der Waals surface area contributed by atoms with Gasteiger partial charge in [-0.15, -0.1) is 11.3 Å². The number of rotatable bonds is 4. The Morgan fingerprint density at radius 2 is 2.05 bits per heavy atom. The van der Waals surface area contributed by atoms with Crippen molar-refractivity contribution in [1.29, 1.82) is 0 Å². The molecule has 0 radical (unpaired) electrons. The summed E-state index contributed by atoms with van der Waals surface area (Å²) in [5, 5.41) is 0. The molecule has 0 spiro atoms. The van der Waals surface area contributed by atoms with Crippen LogP contribution in [0.3, 0.4) is 0 Å². The molecule has 102 valence electrons. The van der Waals surface area contributed by atoms with Crippen LogP contribution >= 0.6 is 27.3 Å². The summed E-state index contributed by atoms with van der Waals surface area (Å²) in [7, 11) is 0. The summed E-state index contributed by atoms with van der Waals surface area (Å²) < 4.78 is 20.5. The number of nitrogens with two attached hydrogens (primary N) is 1.